The maximum atomic E-state index is 8.75. The number of hydrogen-bond acceptors (Lipinski definition) is 5. The quantitative estimate of drug-likeness (QED) is 0.372. The molecule has 3 rings (SSSR count). The molecule has 0 fully saturated rings. The van der Waals surface area contributed by atoms with Crippen molar-refractivity contribution in [1.29, 1.82) is 5.26 Å². The van der Waals surface area contributed by atoms with Crippen LogP contribution in [0.4, 0.5) is 5.69 Å². The zero-order valence-corrected chi connectivity index (χ0v) is 17.2. The Balaban J connectivity index is 1.94. The zero-order valence-electron chi connectivity index (χ0n) is 16.4. The minimum Gasteiger partial charge on any atom is -0.372 e. The van der Waals surface area contributed by atoms with Crippen LogP contribution in [0.15, 0.2) is 59.8 Å². The van der Waals surface area contributed by atoms with Crippen LogP contribution in [-0.4, -0.2) is 33.6 Å². The summed E-state index contributed by atoms with van der Waals surface area (Å²) in [6.45, 7) is 6.30. The predicted molar refractivity (Wildman–Crippen MR) is 116 cm³/mol. The Bertz CT molecular complexity index is 908. The summed E-state index contributed by atoms with van der Waals surface area (Å²) in [7, 11) is 0. The fraction of sp³-hybridized carbons (Fsp3) is 0.318. The minimum atomic E-state index is 0.562. The average molecular weight is 392 g/mol. The molecule has 1 heterocycles. The molecule has 0 aliphatic rings. The van der Waals surface area contributed by atoms with E-state index in [-0.39, 0.29) is 0 Å². The molecule has 0 aliphatic heterocycles. The lowest BCUT2D eigenvalue weighted by atomic mass is 10.1. The van der Waals surface area contributed by atoms with Crippen LogP contribution in [0.25, 0.3) is 17.1 Å². The highest BCUT2D eigenvalue weighted by Crippen LogP contribution is 2.29. The molecule has 0 saturated heterocycles. The maximum Gasteiger partial charge on any atom is 0.196 e. The molecule has 0 saturated carbocycles. The third kappa shape index (κ3) is 4.55. The van der Waals surface area contributed by atoms with Crippen molar-refractivity contribution >= 4 is 17.4 Å². The Kier molecular flexibility index (Phi) is 7.10. The lowest BCUT2D eigenvalue weighted by molar-refractivity contribution is 0.866. The van der Waals surface area contributed by atoms with E-state index < -0.39 is 0 Å². The van der Waals surface area contributed by atoms with Crippen LogP contribution in [0.2, 0.25) is 0 Å². The second-order valence-electron chi connectivity index (χ2n) is 6.31. The number of hydrogen-bond donors (Lipinski definition) is 0. The zero-order chi connectivity index (χ0) is 19.8. The van der Waals surface area contributed by atoms with Gasteiger partial charge in [-0.05, 0) is 56.7 Å². The van der Waals surface area contributed by atoms with Crippen LogP contribution in [0.1, 0.15) is 26.7 Å². The first kappa shape index (κ1) is 20.0. The molecule has 0 radical (unpaired) electrons. The first-order chi connectivity index (χ1) is 13.8. The number of rotatable bonds is 9. The van der Waals surface area contributed by atoms with Gasteiger partial charge in [-0.1, -0.05) is 30.0 Å². The molecule has 0 atom stereocenters. The van der Waals surface area contributed by atoms with Gasteiger partial charge in [0.15, 0.2) is 11.0 Å². The average Bonchev–Trinajstić information content (AvgIpc) is 3.17. The Labute approximate surface area is 171 Å². The number of benzene rings is 2. The van der Waals surface area contributed by atoms with Crippen LogP contribution in [0, 0.1) is 11.3 Å². The van der Waals surface area contributed by atoms with Crippen molar-refractivity contribution in [2.24, 2.45) is 0 Å². The lowest BCUT2D eigenvalue weighted by Gasteiger charge is -2.21. The van der Waals surface area contributed by atoms with Crippen LogP contribution < -0.4 is 4.90 Å². The third-order valence-electron chi connectivity index (χ3n) is 4.57. The molecule has 0 amide bonds. The second kappa shape index (κ2) is 9.95. The van der Waals surface area contributed by atoms with Crippen molar-refractivity contribution in [3.8, 4) is 23.1 Å². The van der Waals surface area contributed by atoms with Crippen molar-refractivity contribution < 1.29 is 0 Å². The molecule has 6 heteroatoms. The van der Waals surface area contributed by atoms with Gasteiger partial charge in [0.25, 0.3) is 0 Å². The van der Waals surface area contributed by atoms with Gasteiger partial charge in [0.1, 0.15) is 0 Å². The van der Waals surface area contributed by atoms with Gasteiger partial charge in [-0.2, -0.15) is 5.26 Å². The van der Waals surface area contributed by atoms with Gasteiger partial charge in [0, 0.05) is 42.2 Å². The van der Waals surface area contributed by atoms with Gasteiger partial charge in [0.05, 0.1) is 6.07 Å². The van der Waals surface area contributed by atoms with Crippen LogP contribution >= 0.6 is 11.8 Å². The van der Waals surface area contributed by atoms with E-state index in [1.165, 1.54) is 5.69 Å². The molecule has 2 aromatic carbocycles. The summed E-state index contributed by atoms with van der Waals surface area (Å²) in [5.41, 5.74) is 3.29. The highest BCUT2D eigenvalue weighted by Gasteiger charge is 2.16. The summed E-state index contributed by atoms with van der Waals surface area (Å²) < 4.78 is 2.10. The molecule has 5 nitrogen and oxygen atoms in total. The van der Waals surface area contributed by atoms with E-state index in [2.05, 4.69) is 76.0 Å². The summed E-state index contributed by atoms with van der Waals surface area (Å²) in [5, 5.41) is 18.5. The summed E-state index contributed by atoms with van der Waals surface area (Å²) in [5.74, 6) is 1.68. The van der Waals surface area contributed by atoms with Crippen molar-refractivity contribution in [1.82, 2.24) is 14.8 Å². The fourth-order valence-electron chi connectivity index (χ4n) is 3.08. The van der Waals surface area contributed by atoms with E-state index >= 15 is 0 Å². The molecule has 0 spiro atoms. The largest absolute Gasteiger partial charge is 0.372 e. The van der Waals surface area contributed by atoms with Gasteiger partial charge < -0.3 is 4.90 Å². The van der Waals surface area contributed by atoms with Crippen molar-refractivity contribution in [2.45, 2.75) is 31.8 Å². The molecule has 0 N–H and O–H groups in total. The normalized spacial score (nSPS) is 10.6. The van der Waals surface area contributed by atoms with Crippen LogP contribution in [-0.2, 0) is 0 Å². The molecular formula is C22H25N5S. The number of para-hydroxylation sites is 1. The predicted octanol–water partition coefficient (Wildman–Crippen LogP) is 5.18. The minimum absolute atomic E-state index is 0.562. The Morgan fingerprint density at radius 3 is 2.36 bits per heavy atom. The fourth-order valence-corrected chi connectivity index (χ4v) is 3.98. The molecule has 1 aromatic heterocycles. The van der Waals surface area contributed by atoms with Crippen molar-refractivity contribution in [3.05, 3.63) is 54.6 Å². The second-order valence-corrected chi connectivity index (χ2v) is 7.37. The maximum absolute atomic E-state index is 8.75. The van der Waals surface area contributed by atoms with E-state index in [0.29, 0.717) is 6.42 Å². The summed E-state index contributed by atoms with van der Waals surface area (Å²) in [6.07, 6.45) is 1.41. The van der Waals surface area contributed by atoms with Gasteiger partial charge in [-0.25, -0.2) is 0 Å². The van der Waals surface area contributed by atoms with E-state index in [0.717, 1.165) is 47.5 Å². The molecule has 0 aliphatic carbocycles. The molecule has 0 bridgehead atoms. The number of unbranched alkanes of at least 4 members (excludes halogenated alkanes) is 1. The van der Waals surface area contributed by atoms with Gasteiger partial charge in [-0.15, -0.1) is 10.2 Å². The highest BCUT2D eigenvalue weighted by molar-refractivity contribution is 7.99. The standard InChI is InChI=1S/C22H25N5S/c1-3-26(4-2)19-14-12-18(13-15-19)21-24-25-22(28-17-9-8-16-23)27(21)20-10-6-5-7-11-20/h5-7,10-15H,3-4,8-9,17H2,1-2H3. The number of nitriles is 1. The van der Waals surface area contributed by atoms with Gasteiger partial charge in [0.2, 0.25) is 0 Å². The van der Waals surface area contributed by atoms with E-state index in [4.69, 9.17) is 5.26 Å². The number of nitrogens with zero attached hydrogens (tertiary/aromatic N) is 5. The van der Waals surface area contributed by atoms with Crippen LogP contribution in [0.5, 0.6) is 0 Å². The SMILES string of the molecule is CCN(CC)c1ccc(-c2nnc(SCCCC#N)n2-c2ccccc2)cc1. The van der Waals surface area contributed by atoms with E-state index in [9.17, 15) is 0 Å². The monoisotopic (exact) mass is 391 g/mol. The Morgan fingerprint density at radius 1 is 1.00 bits per heavy atom. The molecule has 0 unspecified atom stereocenters. The van der Waals surface area contributed by atoms with E-state index in [1.807, 2.05) is 18.2 Å². The summed E-state index contributed by atoms with van der Waals surface area (Å²) in [4.78, 5) is 2.32. The van der Waals surface area contributed by atoms with Gasteiger partial charge >= 0.3 is 0 Å². The van der Waals surface area contributed by atoms with Crippen LogP contribution in [0.3, 0.4) is 0 Å². The Morgan fingerprint density at radius 2 is 1.71 bits per heavy atom. The number of thioether (sulfide) groups is 1. The number of aromatic nitrogens is 3. The summed E-state index contributed by atoms with van der Waals surface area (Å²) >= 11 is 1.64. The first-order valence-electron chi connectivity index (χ1n) is 9.64. The first-order valence-corrected chi connectivity index (χ1v) is 10.6. The third-order valence-corrected chi connectivity index (χ3v) is 5.58. The lowest BCUT2D eigenvalue weighted by Crippen LogP contribution is -2.21. The molecule has 144 valence electrons. The van der Waals surface area contributed by atoms with Crippen molar-refractivity contribution in [2.75, 3.05) is 23.7 Å². The molecule has 3 aromatic rings. The molecule has 28 heavy (non-hydrogen) atoms. The highest BCUT2D eigenvalue weighted by atomic mass is 32.2. The summed E-state index contributed by atoms with van der Waals surface area (Å²) in [6, 6.07) is 20.9. The Hall–Kier alpha value is -2.78. The number of anilines is 1. The van der Waals surface area contributed by atoms with E-state index in [1.54, 1.807) is 11.8 Å². The topological polar surface area (TPSA) is 57.7 Å². The smallest absolute Gasteiger partial charge is 0.196 e. The van der Waals surface area contributed by atoms with Gasteiger partial charge in [-0.3, -0.25) is 4.57 Å². The molecular weight excluding hydrogens is 366 g/mol. The van der Waals surface area contributed by atoms with Crippen molar-refractivity contribution in [3.63, 3.8) is 0 Å².